The van der Waals surface area contributed by atoms with Gasteiger partial charge < -0.3 is 5.32 Å². The molecule has 1 N–H and O–H groups in total. The summed E-state index contributed by atoms with van der Waals surface area (Å²) in [6, 6.07) is 0.478. The summed E-state index contributed by atoms with van der Waals surface area (Å²) in [4.78, 5) is 11.9. The zero-order valence-corrected chi connectivity index (χ0v) is 11.9. The van der Waals surface area contributed by atoms with Crippen LogP contribution in [0.4, 0.5) is 5.69 Å². The van der Waals surface area contributed by atoms with E-state index in [-0.39, 0.29) is 12.1 Å². The molecule has 0 aliphatic heterocycles. The van der Waals surface area contributed by atoms with Crippen LogP contribution < -0.4 is 10.9 Å². The maximum atomic E-state index is 11.9. The van der Waals surface area contributed by atoms with Crippen LogP contribution in [0.1, 0.15) is 26.2 Å². The van der Waals surface area contributed by atoms with Gasteiger partial charge in [-0.3, -0.25) is 4.79 Å². The van der Waals surface area contributed by atoms with Crippen molar-refractivity contribution < 1.29 is 0 Å². The van der Waals surface area contributed by atoms with Crippen molar-refractivity contribution in [1.29, 1.82) is 0 Å². The molecule has 1 aliphatic rings. The Morgan fingerprint density at radius 2 is 2.50 bits per heavy atom. The van der Waals surface area contributed by atoms with E-state index >= 15 is 0 Å². The Morgan fingerprint density at radius 1 is 1.72 bits per heavy atom. The summed E-state index contributed by atoms with van der Waals surface area (Å²) < 4.78 is 1.78. The van der Waals surface area contributed by atoms with E-state index in [1.807, 2.05) is 0 Å². The van der Waals surface area contributed by atoms with Gasteiger partial charge >= 0.3 is 0 Å². The topological polar surface area (TPSA) is 46.9 Å². The molecule has 2 rings (SSSR count). The molecule has 0 amide bonds. The van der Waals surface area contributed by atoms with Crippen LogP contribution in [-0.2, 0) is 6.54 Å². The molecular weight excluding hydrogens is 294 g/mol. The van der Waals surface area contributed by atoms with Crippen LogP contribution in [0.25, 0.3) is 0 Å². The van der Waals surface area contributed by atoms with Crippen molar-refractivity contribution in [2.24, 2.45) is 5.92 Å². The summed E-state index contributed by atoms with van der Waals surface area (Å²) in [6.45, 7) is 2.38. The van der Waals surface area contributed by atoms with Crippen LogP contribution >= 0.6 is 15.9 Å². The second kappa shape index (κ2) is 5.57. The molecule has 0 radical (unpaired) electrons. The Balaban J connectivity index is 2.09. The summed E-state index contributed by atoms with van der Waals surface area (Å²) in [7, 11) is 0. The second-order valence-corrected chi connectivity index (χ2v) is 5.37. The highest BCUT2D eigenvalue weighted by Gasteiger charge is 2.36. The molecule has 96 valence electrons. The molecule has 2 atom stereocenters. The summed E-state index contributed by atoms with van der Waals surface area (Å²) in [5.74, 6) is 3.14. The normalized spacial score (nSPS) is 21.4. The van der Waals surface area contributed by atoms with Crippen molar-refractivity contribution in [1.82, 2.24) is 9.78 Å². The third-order valence-corrected chi connectivity index (χ3v) is 3.92. The molecule has 4 nitrogen and oxygen atoms in total. The zero-order valence-electron chi connectivity index (χ0n) is 10.3. The zero-order chi connectivity index (χ0) is 13.1. The van der Waals surface area contributed by atoms with Crippen molar-refractivity contribution >= 4 is 21.6 Å². The van der Waals surface area contributed by atoms with Crippen LogP contribution in [0.3, 0.4) is 0 Å². The first kappa shape index (κ1) is 13.2. The molecule has 1 aromatic heterocycles. The predicted octanol–water partition coefficient (Wildman–Crippen LogP) is 2.24. The number of terminal acetylenes is 1. The molecule has 5 heteroatoms. The lowest BCUT2D eigenvalue weighted by atomic mass is 10.2. The average Bonchev–Trinajstić information content (AvgIpc) is 3.08. The fraction of sp³-hybridized carbons (Fsp3) is 0.538. The van der Waals surface area contributed by atoms with Crippen molar-refractivity contribution in [3.63, 3.8) is 0 Å². The number of anilines is 1. The van der Waals surface area contributed by atoms with Gasteiger partial charge in [0.2, 0.25) is 0 Å². The van der Waals surface area contributed by atoms with Crippen molar-refractivity contribution in [3.05, 3.63) is 21.0 Å². The number of halogens is 1. The van der Waals surface area contributed by atoms with Gasteiger partial charge in [-0.25, -0.2) is 4.68 Å². The Bertz CT molecular complexity index is 532. The standard InChI is InChI=1S/C13H16BrN3O/c1-3-5-9-7-10(9)16-11-8-15-17(6-4-2)13(18)12(11)14/h2,8-10,16H,3,5-7H2,1H3. The van der Waals surface area contributed by atoms with Crippen molar-refractivity contribution in [2.45, 2.75) is 38.8 Å². The van der Waals surface area contributed by atoms with E-state index in [0.717, 1.165) is 11.6 Å². The number of nitrogens with one attached hydrogen (secondary N) is 1. The Morgan fingerprint density at radius 3 is 3.17 bits per heavy atom. The number of aromatic nitrogens is 2. The van der Waals surface area contributed by atoms with Gasteiger partial charge in [0.15, 0.2) is 0 Å². The minimum atomic E-state index is -0.189. The van der Waals surface area contributed by atoms with Gasteiger partial charge in [0.1, 0.15) is 11.0 Å². The van der Waals surface area contributed by atoms with Crippen LogP contribution in [-0.4, -0.2) is 15.8 Å². The fourth-order valence-corrected chi connectivity index (χ4v) is 2.50. The lowest BCUT2D eigenvalue weighted by Crippen LogP contribution is -2.24. The number of hydrogen-bond acceptors (Lipinski definition) is 3. The molecule has 1 aromatic rings. The van der Waals surface area contributed by atoms with Gasteiger partial charge in [-0.05, 0) is 34.7 Å². The lowest BCUT2D eigenvalue weighted by Gasteiger charge is -2.09. The Kier molecular flexibility index (Phi) is 4.07. The van der Waals surface area contributed by atoms with Gasteiger partial charge in [0, 0.05) is 6.04 Å². The monoisotopic (exact) mass is 309 g/mol. The van der Waals surface area contributed by atoms with Crippen LogP contribution in [0.5, 0.6) is 0 Å². The number of hydrogen-bond donors (Lipinski definition) is 1. The van der Waals surface area contributed by atoms with E-state index < -0.39 is 0 Å². The molecule has 1 aliphatic carbocycles. The second-order valence-electron chi connectivity index (χ2n) is 4.57. The molecule has 18 heavy (non-hydrogen) atoms. The highest BCUT2D eigenvalue weighted by atomic mass is 79.9. The summed E-state index contributed by atoms with van der Waals surface area (Å²) in [6.07, 6.45) is 10.4. The highest BCUT2D eigenvalue weighted by molar-refractivity contribution is 9.10. The van der Waals surface area contributed by atoms with E-state index in [2.05, 4.69) is 39.2 Å². The SMILES string of the molecule is C#CCn1ncc(NC2CC2CCC)c(Br)c1=O. The third-order valence-electron chi connectivity index (χ3n) is 3.15. The molecule has 2 unspecified atom stereocenters. The third kappa shape index (κ3) is 2.75. The van der Waals surface area contributed by atoms with Crippen LogP contribution in [0.15, 0.2) is 15.5 Å². The van der Waals surface area contributed by atoms with Gasteiger partial charge in [-0.2, -0.15) is 5.10 Å². The van der Waals surface area contributed by atoms with E-state index in [0.29, 0.717) is 10.5 Å². The predicted molar refractivity (Wildman–Crippen MR) is 75.5 cm³/mol. The van der Waals surface area contributed by atoms with Crippen molar-refractivity contribution in [2.75, 3.05) is 5.32 Å². The molecule has 1 heterocycles. The first-order chi connectivity index (χ1) is 8.67. The summed E-state index contributed by atoms with van der Waals surface area (Å²) >= 11 is 3.31. The Hall–Kier alpha value is -1.28. The van der Waals surface area contributed by atoms with Gasteiger partial charge in [0.05, 0.1) is 11.9 Å². The van der Waals surface area contributed by atoms with Crippen LogP contribution in [0.2, 0.25) is 0 Å². The maximum Gasteiger partial charge on any atom is 0.284 e. The van der Waals surface area contributed by atoms with E-state index in [4.69, 9.17) is 6.42 Å². The largest absolute Gasteiger partial charge is 0.380 e. The lowest BCUT2D eigenvalue weighted by molar-refractivity contribution is 0.657. The van der Waals surface area contributed by atoms with Gasteiger partial charge in [-0.1, -0.05) is 19.3 Å². The summed E-state index contributed by atoms with van der Waals surface area (Å²) in [5, 5.41) is 7.40. The minimum absolute atomic E-state index is 0.189. The minimum Gasteiger partial charge on any atom is -0.380 e. The number of rotatable bonds is 5. The summed E-state index contributed by atoms with van der Waals surface area (Å²) in [5.41, 5.74) is 0.572. The first-order valence-corrected chi connectivity index (χ1v) is 6.92. The molecular formula is C13H16BrN3O. The van der Waals surface area contributed by atoms with E-state index in [1.54, 1.807) is 6.20 Å². The Labute approximate surface area is 115 Å². The molecule has 0 bridgehead atoms. The van der Waals surface area contributed by atoms with E-state index in [9.17, 15) is 4.79 Å². The molecule has 0 saturated heterocycles. The molecule has 1 fully saturated rings. The quantitative estimate of drug-likeness (QED) is 0.849. The van der Waals surface area contributed by atoms with Gasteiger partial charge in [0.25, 0.3) is 5.56 Å². The average molecular weight is 310 g/mol. The van der Waals surface area contributed by atoms with Gasteiger partial charge in [-0.15, -0.1) is 6.42 Å². The number of nitrogens with zero attached hydrogens (tertiary/aromatic N) is 2. The highest BCUT2D eigenvalue weighted by Crippen LogP contribution is 2.37. The molecule has 0 spiro atoms. The molecule has 1 saturated carbocycles. The first-order valence-electron chi connectivity index (χ1n) is 6.13. The fourth-order valence-electron chi connectivity index (χ4n) is 2.08. The van der Waals surface area contributed by atoms with E-state index in [1.165, 1.54) is 23.9 Å². The maximum absolute atomic E-state index is 11.9. The van der Waals surface area contributed by atoms with Crippen molar-refractivity contribution in [3.8, 4) is 12.3 Å². The van der Waals surface area contributed by atoms with Crippen LogP contribution in [0, 0.1) is 18.3 Å². The smallest absolute Gasteiger partial charge is 0.284 e. The molecule has 0 aromatic carbocycles.